The molecule has 118 valence electrons. The average molecular weight is 329 g/mol. The Hall–Kier alpha value is -2.54. The van der Waals surface area contributed by atoms with Crippen LogP contribution >= 0.6 is 11.8 Å². The second kappa shape index (κ2) is 7.15. The average Bonchev–Trinajstić information content (AvgIpc) is 3.19. The molecule has 0 bridgehead atoms. The topological polar surface area (TPSA) is 76.2 Å². The Kier molecular flexibility index (Phi) is 4.77. The fourth-order valence-electron chi connectivity index (χ4n) is 2.07. The number of carbonyl (C=O) groups is 1. The predicted octanol–water partition coefficient (Wildman–Crippen LogP) is 2.45. The zero-order chi connectivity index (χ0) is 16.1. The van der Waals surface area contributed by atoms with Crippen molar-refractivity contribution in [1.29, 1.82) is 0 Å². The number of benzene rings is 1. The molecular weight excluding hydrogens is 314 g/mol. The van der Waals surface area contributed by atoms with Crippen LogP contribution in [0.15, 0.2) is 57.3 Å². The molecule has 0 unspecified atom stereocenters. The van der Waals surface area contributed by atoms with Crippen LogP contribution in [0.1, 0.15) is 11.3 Å². The highest BCUT2D eigenvalue weighted by molar-refractivity contribution is 8.15. The van der Waals surface area contributed by atoms with E-state index in [1.165, 1.54) is 18.0 Å². The van der Waals surface area contributed by atoms with Crippen molar-refractivity contribution in [3.63, 3.8) is 0 Å². The van der Waals surface area contributed by atoms with Gasteiger partial charge in [-0.25, -0.2) is 0 Å². The molecule has 2 aromatic rings. The zero-order valence-corrected chi connectivity index (χ0v) is 13.2. The summed E-state index contributed by atoms with van der Waals surface area (Å²) < 4.78 is 10.2. The number of thioether (sulfide) groups is 1. The van der Waals surface area contributed by atoms with Gasteiger partial charge in [-0.1, -0.05) is 23.9 Å². The number of carbonyl (C=O) groups excluding carboxylic acids is 1. The Balaban J connectivity index is 1.60. The van der Waals surface area contributed by atoms with Crippen molar-refractivity contribution >= 4 is 29.1 Å². The SMILES string of the molecule is COc1ccc(C[C@@H]2S/C(=N\N=C/c3ccco3)NC2=O)cc1. The van der Waals surface area contributed by atoms with Gasteiger partial charge in [0.25, 0.3) is 0 Å². The number of rotatable bonds is 5. The molecule has 2 heterocycles. The molecule has 0 spiro atoms. The van der Waals surface area contributed by atoms with Crippen LogP contribution in [0.2, 0.25) is 0 Å². The van der Waals surface area contributed by atoms with Crippen molar-refractivity contribution in [2.45, 2.75) is 11.7 Å². The maximum atomic E-state index is 12.0. The summed E-state index contributed by atoms with van der Waals surface area (Å²) >= 11 is 1.37. The van der Waals surface area contributed by atoms with Crippen molar-refractivity contribution in [2.24, 2.45) is 10.2 Å². The monoisotopic (exact) mass is 329 g/mol. The lowest BCUT2D eigenvalue weighted by Crippen LogP contribution is -2.25. The predicted molar refractivity (Wildman–Crippen MR) is 90.0 cm³/mol. The number of furan rings is 1. The van der Waals surface area contributed by atoms with Crippen LogP contribution < -0.4 is 10.1 Å². The van der Waals surface area contributed by atoms with Crippen molar-refractivity contribution in [2.75, 3.05) is 7.11 Å². The van der Waals surface area contributed by atoms with Gasteiger partial charge < -0.3 is 14.5 Å². The van der Waals surface area contributed by atoms with Crippen LogP contribution in [0.5, 0.6) is 5.75 Å². The largest absolute Gasteiger partial charge is 0.497 e. The molecule has 0 radical (unpaired) electrons. The summed E-state index contributed by atoms with van der Waals surface area (Å²) in [6, 6.07) is 11.2. The Bertz CT molecular complexity index is 724. The molecule has 7 heteroatoms. The number of nitrogens with zero attached hydrogens (tertiary/aromatic N) is 2. The summed E-state index contributed by atoms with van der Waals surface area (Å²) in [7, 11) is 1.63. The lowest BCUT2D eigenvalue weighted by atomic mass is 10.1. The first-order valence-corrected chi connectivity index (χ1v) is 7.87. The molecule has 1 N–H and O–H groups in total. The van der Waals surface area contributed by atoms with Gasteiger partial charge in [0.05, 0.1) is 24.8 Å². The summed E-state index contributed by atoms with van der Waals surface area (Å²) in [5.41, 5.74) is 1.07. The van der Waals surface area contributed by atoms with E-state index in [-0.39, 0.29) is 11.2 Å². The molecule has 0 saturated carbocycles. The molecule has 1 atom stereocenters. The van der Waals surface area contributed by atoms with E-state index < -0.39 is 0 Å². The second-order valence-electron chi connectivity index (χ2n) is 4.81. The first-order chi connectivity index (χ1) is 11.2. The zero-order valence-electron chi connectivity index (χ0n) is 12.4. The van der Waals surface area contributed by atoms with Crippen molar-refractivity contribution in [3.8, 4) is 5.75 Å². The summed E-state index contributed by atoms with van der Waals surface area (Å²) in [4.78, 5) is 12.0. The van der Waals surface area contributed by atoms with Gasteiger partial charge in [0.1, 0.15) is 11.5 Å². The summed E-state index contributed by atoms with van der Waals surface area (Å²) in [6.07, 6.45) is 3.68. The Morgan fingerprint density at radius 1 is 1.35 bits per heavy atom. The number of amides is 1. The van der Waals surface area contributed by atoms with Gasteiger partial charge in [0.2, 0.25) is 5.91 Å². The number of ether oxygens (including phenoxy) is 1. The molecule has 1 aliphatic rings. The molecule has 6 nitrogen and oxygen atoms in total. The first-order valence-electron chi connectivity index (χ1n) is 6.99. The van der Waals surface area contributed by atoms with Crippen LogP contribution in [0.25, 0.3) is 0 Å². The standard InChI is InChI=1S/C16H15N3O3S/c1-21-12-6-4-11(5-7-12)9-14-15(20)18-16(23-14)19-17-10-13-3-2-8-22-13/h2-8,10,14H,9H2,1H3,(H,18,19,20)/b17-10-/t14-/m0/s1. The van der Waals surface area contributed by atoms with Crippen LogP contribution in [0, 0.1) is 0 Å². The van der Waals surface area contributed by atoms with Crippen molar-refractivity contribution in [3.05, 3.63) is 54.0 Å². The van der Waals surface area contributed by atoms with Crippen LogP contribution in [-0.4, -0.2) is 29.6 Å². The Morgan fingerprint density at radius 3 is 2.87 bits per heavy atom. The van der Waals surface area contributed by atoms with Crippen molar-refractivity contribution < 1.29 is 13.9 Å². The maximum Gasteiger partial charge on any atom is 0.239 e. The van der Waals surface area contributed by atoms with Gasteiger partial charge in [-0.2, -0.15) is 5.10 Å². The summed E-state index contributed by atoms with van der Waals surface area (Å²) in [5, 5.41) is 10.9. The molecule has 1 amide bonds. The van der Waals surface area contributed by atoms with Gasteiger partial charge in [-0.3, -0.25) is 4.79 Å². The summed E-state index contributed by atoms with van der Waals surface area (Å²) in [5.74, 6) is 1.35. The fourth-order valence-corrected chi connectivity index (χ4v) is 3.03. The van der Waals surface area contributed by atoms with E-state index in [0.29, 0.717) is 17.3 Å². The van der Waals surface area contributed by atoms with Gasteiger partial charge in [0, 0.05) is 0 Å². The van der Waals surface area contributed by atoms with E-state index in [4.69, 9.17) is 9.15 Å². The third-order valence-electron chi connectivity index (χ3n) is 3.23. The van der Waals surface area contributed by atoms with E-state index >= 15 is 0 Å². The molecule has 0 aliphatic carbocycles. The normalized spacial score (nSPS) is 19.4. The third-order valence-corrected chi connectivity index (χ3v) is 4.31. The molecule has 3 rings (SSSR count). The highest BCUT2D eigenvalue weighted by Gasteiger charge is 2.30. The minimum atomic E-state index is -0.207. The highest BCUT2D eigenvalue weighted by atomic mass is 32.2. The van der Waals surface area contributed by atoms with Crippen LogP contribution in [-0.2, 0) is 11.2 Å². The Morgan fingerprint density at radius 2 is 2.17 bits per heavy atom. The molecular formula is C16H15N3O3S. The highest BCUT2D eigenvalue weighted by Crippen LogP contribution is 2.24. The van der Waals surface area contributed by atoms with Crippen molar-refractivity contribution in [1.82, 2.24) is 5.32 Å². The number of methoxy groups -OCH3 is 1. The van der Waals surface area contributed by atoms with Crippen LogP contribution in [0.3, 0.4) is 0 Å². The minimum absolute atomic E-state index is 0.0576. The molecule has 1 saturated heterocycles. The summed E-state index contributed by atoms with van der Waals surface area (Å²) in [6.45, 7) is 0. The van der Waals surface area contributed by atoms with Gasteiger partial charge in [0.15, 0.2) is 5.17 Å². The van der Waals surface area contributed by atoms with E-state index in [1.807, 2.05) is 24.3 Å². The first kappa shape index (κ1) is 15.4. The lowest BCUT2D eigenvalue weighted by Gasteiger charge is -2.06. The Labute approximate surface area is 137 Å². The smallest absolute Gasteiger partial charge is 0.239 e. The van der Waals surface area contributed by atoms with E-state index in [1.54, 1.807) is 25.5 Å². The second-order valence-corrected chi connectivity index (χ2v) is 6.00. The molecule has 23 heavy (non-hydrogen) atoms. The lowest BCUT2D eigenvalue weighted by molar-refractivity contribution is -0.118. The fraction of sp³-hybridized carbons (Fsp3) is 0.188. The van der Waals surface area contributed by atoms with E-state index in [9.17, 15) is 4.79 Å². The quantitative estimate of drug-likeness (QED) is 0.675. The maximum absolute atomic E-state index is 12.0. The van der Waals surface area contributed by atoms with Gasteiger partial charge >= 0.3 is 0 Å². The molecule has 1 aromatic carbocycles. The molecule has 1 aliphatic heterocycles. The molecule has 1 aromatic heterocycles. The van der Waals surface area contributed by atoms with Gasteiger partial charge in [-0.05, 0) is 36.2 Å². The van der Waals surface area contributed by atoms with Gasteiger partial charge in [-0.15, -0.1) is 5.10 Å². The third kappa shape index (κ3) is 4.01. The van der Waals surface area contributed by atoms with E-state index in [0.717, 1.165) is 11.3 Å². The number of nitrogens with one attached hydrogen (secondary N) is 1. The van der Waals surface area contributed by atoms with Crippen LogP contribution in [0.4, 0.5) is 0 Å². The number of amidine groups is 1. The molecule has 1 fully saturated rings. The minimum Gasteiger partial charge on any atom is -0.497 e. The number of hydrogen-bond acceptors (Lipinski definition) is 6. The number of hydrogen-bond donors (Lipinski definition) is 1. The van der Waals surface area contributed by atoms with E-state index in [2.05, 4.69) is 15.5 Å².